The third kappa shape index (κ3) is 3.71. The summed E-state index contributed by atoms with van der Waals surface area (Å²) in [6.45, 7) is 3.72. The molecule has 2 aromatic rings. The number of anilines is 1. The molecule has 2 saturated heterocycles. The predicted octanol–water partition coefficient (Wildman–Crippen LogP) is 3.21. The minimum Gasteiger partial charge on any atom is -0.465 e. The molecule has 8 atom stereocenters. The molecular weight excluding hydrogens is 476 g/mol. The molecule has 6 rings (SSSR count). The van der Waals surface area contributed by atoms with E-state index in [2.05, 4.69) is 0 Å². The van der Waals surface area contributed by atoms with Crippen LogP contribution in [0.3, 0.4) is 0 Å². The van der Waals surface area contributed by atoms with Crippen LogP contribution in [0, 0.1) is 11.8 Å². The molecule has 3 aliphatic heterocycles. The number of hydrogen-bond acceptors (Lipinski definition) is 7. The second kappa shape index (κ2) is 8.29. The lowest BCUT2D eigenvalue weighted by Gasteiger charge is -2.38. The van der Waals surface area contributed by atoms with Gasteiger partial charge in [-0.1, -0.05) is 37.3 Å². The smallest absolute Gasteiger partial charge is 0.412 e. The van der Waals surface area contributed by atoms with E-state index in [4.69, 9.17) is 14.2 Å². The van der Waals surface area contributed by atoms with Gasteiger partial charge in [0.25, 0.3) is 0 Å². The maximum Gasteiger partial charge on any atom is 0.412 e. The molecule has 194 valence electrons. The van der Waals surface area contributed by atoms with Gasteiger partial charge in [0.2, 0.25) is 0 Å². The molecule has 1 amide bonds. The molecule has 2 fully saturated rings. The number of fused-ring (bicyclic) bond motifs is 5. The first-order valence-corrected chi connectivity index (χ1v) is 12.6. The molecule has 2 bridgehead atoms. The first kappa shape index (κ1) is 23.9. The van der Waals surface area contributed by atoms with Crippen LogP contribution in [0.25, 0.3) is 10.8 Å². The molecule has 9 heteroatoms. The summed E-state index contributed by atoms with van der Waals surface area (Å²) in [6, 6.07) is 11.9. The van der Waals surface area contributed by atoms with Gasteiger partial charge in [0.1, 0.15) is 18.3 Å². The fourth-order valence-electron chi connectivity index (χ4n) is 6.56. The van der Waals surface area contributed by atoms with Crippen LogP contribution in [0.4, 0.5) is 10.5 Å². The summed E-state index contributed by atoms with van der Waals surface area (Å²) in [6.07, 6.45) is -0.664. The number of nitrogens with zero attached hydrogens (tertiary/aromatic N) is 2. The molecule has 0 saturated carbocycles. The number of carbonyl (C=O) groups excluding carboxylic acids is 2. The van der Waals surface area contributed by atoms with E-state index in [1.165, 1.54) is 4.90 Å². The Morgan fingerprint density at radius 2 is 1.81 bits per heavy atom. The Morgan fingerprint density at radius 1 is 1.08 bits per heavy atom. The molecular formula is C28H30N2O7. The van der Waals surface area contributed by atoms with Crippen LogP contribution in [0.5, 0.6) is 0 Å². The van der Waals surface area contributed by atoms with Crippen LogP contribution in [0.15, 0.2) is 54.1 Å². The molecule has 0 spiro atoms. The van der Waals surface area contributed by atoms with E-state index in [9.17, 15) is 19.5 Å². The molecule has 4 aliphatic rings. The Bertz CT molecular complexity index is 1340. The Morgan fingerprint density at radius 3 is 2.51 bits per heavy atom. The van der Waals surface area contributed by atoms with Crippen molar-refractivity contribution in [2.24, 2.45) is 11.8 Å². The van der Waals surface area contributed by atoms with E-state index < -0.39 is 54.0 Å². The molecule has 2 aromatic carbocycles. The minimum absolute atomic E-state index is 0.322. The van der Waals surface area contributed by atoms with E-state index in [0.29, 0.717) is 17.7 Å². The van der Waals surface area contributed by atoms with Crippen molar-refractivity contribution in [2.75, 3.05) is 19.0 Å². The third-order valence-corrected chi connectivity index (χ3v) is 8.42. The van der Waals surface area contributed by atoms with Crippen molar-refractivity contribution in [2.45, 2.75) is 56.3 Å². The predicted molar refractivity (Wildman–Crippen MR) is 134 cm³/mol. The average Bonchev–Trinajstić information content (AvgIpc) is 3.23. The fraction of sp³-hybridized carbons (Fsp3) is 0.464. The summed E-state index contributed by atoms with van der Waals surface area (Å²) < 4.78 is 17.8. The standard InChI is InChI=1S/C28H30N2O7/c1-14-21-19-12-18(26(32)35-19)22(29(3)4)23(24-28(2,37-24)13-20(21)36-25(14)31)30(27(33)34)17-10-9-15-7-5-6-8-16(15)11-17/h5-12,14,19-24H,13H2,1-4H3,(H,33,34). The van der Waals surface area contributed by atoms with Gasteiger partial charge in [-0.25, -0.2) is 9.59 Å². The van der Waals surface area contributed by atoms with Gasteiger partial charge in [-0.05, 0) is 50.0 Å². The number of epoxide rings is 1. The Hall–Kier alpha value is -3.43. The average molecular weight is 507 g/mol. The molecule has 1 N–H and O–H groups in total. The van der Waals surface area contributed by atoms with Crippen molar-refractivity contribution in [3.63, 3.8) is 0 Å². The Labute approximate surface area is 214 Å². The van der Waals surface area contributed by atoms with Gasteiger partial charge >= 0.3 is 18.0 Å². The van der Waals surface area contributed by atoms with Crippen LogP contribution in [0.1, 0.15) is 20.3 Å². The van der Waals surface area contributed by atoms with Gasteiger partial charge in [-0.15, -0.1) is 0 Å². The number of amides is 1. The normalized spacial score (nSPS) is 36.4. The highest BCUT2D eigenvalue weighted by Crippen LogP contribution is 2.52. The topological polar surface area (TPSA) is 109 Å². The van der Waals surface area contributed by atoms with Crippen molar-refractivity contribution < 1.29 is 33.7 Å². The van der Waals surface area contributed by atoms with Crippen molar-refractivity contribution in [3.05, 3.63) is 54.1 Å². The van der Waals surface area contributed by atoms with Crippen LogP contribution in [-0.4, -0.2) is 78.1 Å². The van der Waals surface area contributed by atoms with Crippen molar-refractivity contribution in [3.8, 4) is 0 Å². The molecule has 37 heavy (non-hydrogen) atoms. The number of carboxylic acid groups (broad SMARTS) is 1. The van der Waals surface area contributed by atoms with Gasteiger partial charge in [0, 0.05) is 18.0 Å². The number of carbonyl (C=O) groups is 3. The van der Waals surface area contributed by atoms with E-state index in [1.807, 2.05) is 62.3 Å². The van der Waals surface area contributed by atoms with Crippen molar-refractivity contribution in [1.82, 2.24) is 4.90 Å². The highest BCUT2D eigenvalue weighted by atomic mass is 16.6. The zero-order valence-electron chi connectivity index (χ0n) is 21.2. The maximum atomic E-state index is 13.3. The lowest BCUT2D eigenvalue weighted by atomic mass is 9.79. The van der Waals surface area contributed by atoms with E-state index in [-0.39, 0.29) is 11.9 Å². The third-order valence-electron chi connectivity index (χ3n) is 8.42. The monoisotopic (exact) mass is 506 g/mol. The molecule has 0 radical (unpaired) electrons. The van der Waals surface area contributed by atoms with Gasteiger partial charge in [0.15, 0.2) is 0 Å². The summed E-state index contributed by atoms with van der Waals surface area (Å²) in [7, 11) is 3.64. The lowest BCUT2D eigenvalue weighted by Crippen LogP contribution is -2.57. The highest BCUT2D eigenvalue weighted by Gasteiger charge is 2.65. The van der Waals surface area contributed by atoms with Crippen molar-refractivity contribution >= 4 is 34.5 Å². The summed E-state index contributed by atoms with van der Waals surface area (Å²) in [5.74, 6) is -1.59. The fourth-order valence-corrected chi connectivity index (χ4v) is 6.56. The molecule has 1 aliphatic carbocycles. The largest absolute Gasteiger partial charge is 0.465 e. The number of rotatable bonds is 3. The van der Waals surface area contributed by atoms with Crippen molar-refractivity contribution in [1.29, 1.82) is 0 Å². The number of benzene rings is 2. The van der Waals surface area contributed by atoms with Gasteiger partial charge in [0.05, 0.1) is 29.2 Å². The summed E-state index contributed by atoms with van der Waals surface area (Å²) in [5, 5.41) is 12.5. The van der Waals surface area contributed by atoms with Crippen LogP contribution >= 0.6 is 0 Å². The number of esters is 2. The zero-order valence-corrected chi connectivity index (χ0v) is 21.2. The van der Waals surface area contributed by atoms with Crippen LogP contribution < -0.4 is 4.90 Å². The summed E-state index contributed by atoms with van der Waals surface area (Å²) in [5.41, 5.74) is 0.120. The van der Waals surface area contributed by atoms with Crippen LogP contribution in [0.2, 0.25) is 0 Å². The van der Waals surface area contributed by atoms with Gasteiger partial charge < -0.3 is 24.2 Å². The van der Waals surface area contributed by atoms with E-state index in [0.717, 1.165) is 10.8 Å². The van der Waals surface area contributed by atoms with E-state index >= 15 is 0 Å². The van der Waals surface area contributed by atoms with Crippen LogP contribution in [-0.2, 0) is 23.8 Å². The molecule has 0 aromatic heterocycles. The van der Waals surface area contributed by atoms with Gasteiger partial charge in [-0.2, -0.15) is 0 Å². The first-order chi connectivity index (χ1) is 17.6. The summed E-state index contributed by atoms with van der Waals surface area (Å²) >= 11 is 0. The SMILES string of the molecule is CC1C(=O)OC2CC3(C)OC3C(N(C(=O)O)c3ccc4ccccc4c3)C(N(C)C)C3=CC(OC3=O)C21. The second-order valence-corrected chi connectivity index (χ2v) is 11.0. The number of ether oxygens (including phenoxy) is 3. The minimum atomic E-state index is -1.15. The molecule has 3 heterocycles. The zero-order chi connectivity index (χ0) is 26.2. The maximum absolute atomic E-state index is 13.3. The second-order valence-electron chi connectivity index (χ2n) is 11.0. The van der Waals surface area contributed by atoms with Gasteiger partial charge in [-0.3, -0.25) is 9.69 Å². The molecule has 9 nitrogen and oxygen atoms in total. The highest BCUT2D eigenvalue weighted by molar-refractivity contribution is 5.96. The molecule has 8 unspecified atom stereocenters. The number of likely N-dealkylation sites (N-methyl/N-ethyl adjacent to an activating group) is 1. The number of hydrogen-bond donors (Lipinski definition) is 1. The lowest BCUT2D eigenvalue weighted by molar-refractivity contribution is -0.144. The summed E-state index contributed by atoms with van der Waals surface area (Å²) in [4.78, 5) is 41.9. The quantitative estimate of drug-likeness (QED) is 0.499. The first-order valence-electron chi connectivity index (χ1n) is 12.6. The Balaban J connectivity index is 1.51. The van der Waals surface area contributed by atoms with E-state index in [1.54, 1.807) is 19.1 Å². The Kier molecular flexibility index (Phi) is 5.36.